The Morgan fingerprint density at radius 2 is 2.08 bits per heavy atom. The minimum atomic E-state index is -1.15. The Morgan fingerprint density at radius 1 is 1.42 bits per heavy atom. The molecule has 0 N–H and O–H groups in total. The predicted octanol–water partition coefficient (Wildman–Crippen LogP) is 1.54. The predicted molar refractivity (Wildman–Crippen MR) is 38.4 cm³/mol. The third-order valence-corrected chi connectivity index (χ3v) is 1.38. The molecule has 12 heavy (non-hydrogen) atoms. The lowest BCUT2D eigenvalue weighted by Gasteiger charge is -1.96. The van der Waals surface area contributed by atoms with E-state index < -0.39 is 5.97 Å². The largest absolute Gasteiger partial charge is 0.380 e. The molecule has 0 atom stereocenters. The monoisotopic (exact) mass is 168 g/mol. The van der Waals surface area contributed by atoms with Crippen LogP contribution in [0, 0.1) is 0 Å². The lowest BCUT2D eigenvalue weighted by molar-refractivity contribution is -0.0788. The van der Waals surface area contributed by atoms with Crippen molar-refractivity contribution in [3.63, 3.8) is 0 Å². The van der Waals surface area contributed by atoms with Gasteiger partial charge >= 0.3 is 5.97 Å². The minimum absolute atomic E-state index is 0.0741. The average Bonchev–Trinajstić information content (AvgIpc) is 2.16. The summed E-state index contributed by atoms with van der Waals surface area (Å²) < 4.78 is 11.4. The summed E-state index contributed by atoms with van der Waals surface area (Å²) in [6.07, 6.45) is 0.465. The quantitative estimate of drug-likeness (QED) is 0.629. The number of rotatable bonds is 2. The van der Waals surface area contributed by atoms with Crippen molar-refractivity contribution >= 4 is 12.3 Å². The van der Waals surface area contributed by atoms with Crippen molar-refractivity contribution in [2.75, 3.05) is 0 Å². The maximum Gasteiger partial charge on any atom is 0.380 e. The maximum atomic E-state index is 11.4. The van der Waals surface area contributed by atoms with Crippen molar-refractivity contribution in [3.05, 3.63) is 35.4 Å². The van der Waals surface area contributed by atoms with E-state index in [0.717, 1.165) is 0 Å². The van der Waals surface area contributed by atoms with E-state index in [0.29, 0.717) is 6.29 Å². The number of halogens is 1. The molecule has 1 aromatic carbocycles. The zero-order chi connectivity index (χ0) is 8.97. The molecule has 0 fully saturated rings. The van der Waals surface area contributed by atoms with Crippen LogP contribution in [-0.2, 0) is 4.94 Å². The van der Waals surface area contributed by atoms with Gasteiger partial charge in [-0.25, -0.2) is 9.74 Å². The molecule has 0 saturated heterocycles. The molecule has 1 aromatic rings. The van der Waals surface area contributed by atoms with Gasteiger partial charge in [0.1, 0.15) is 0 Å². The van der Waals surface area contributed by atoms with Crippen LogP contribution in [0.1, 0.15) is 20.7 Å². The van der Waals surface area contributed by atoms with Crippen LogP contribution in [0.15, 0.2) is 24.3 Å². The van der Waals surface area contributed by atoms with Crippen molar-refractivity contribution in [1.29, 1.82) is 0 Å². The van der Waals surface area contributed by atoms with Gasteiger partial charge in [0.25, 0.3) is 0 Å². The maximum absolute atomic E-state index is 11.4. The standard InChI is InChI=1S/C8H5FO3/c9-12-8(11)7-4-2-1-3-6(7)5-10/h1-5H. The van der Waals surface area contributed by atoms with Gasteiger partial charge in [-0.15, -0.1) is 0 Å². The zero-order valence-electron chi connectivity index (χ0n) is 5.99. The lowest BCUT2D eigenvalue weighted by atomic mass is 10.1. The fourth-order valence-electron chi connectivity index (χ4n) is 0.827. The smallest absolute Gasteiger partial charge is 0.298 e. The van der Waals surface area contributed by atoms with Crippen molar-refractivity contribution in [2.24, 2.45) is 0 Å². The van der Waals surface area contributed by atoms with E-state index in [-0.39, 0.29) is 11.1 Å². The Kier molecular flexibility index (Phi) is 2.53. The van der Waals surface area contributed by atoms with Gasteiger partial charge in [0.05, 0.1) is 5.56 Å². The van der Waals surface area contributed by atoms with Gasteiger partial charge in [0.15, 0.2) is 6.29 Å². The minimum Gasteiger partial charge on any atom is -0.298 e. The highest BCUT2D eigenvalue weighted by Crippen LogP contribution is 2.07. The third kappa shape index (κ3) is 1.47. The number of aldehydes is 1. The molecule has 0 saturated carbocycles. The summed E-state index contributed by atoms with van der Waals surface area (Å²) >= 11 is 0. The van der Waals surface area contributed by atoms with Gasteiger partial charge in [-0.2, -0.15) is 0 Å². The van der Waals surface area contributed by atoms with Crippen LogP contribution in [0.3, 0.4) is 0 Å². The van der Waals surface area contributed by atoms with E-state index in [4.69, 9.17) is 0 Å². The summed E-state index contributed by atoms with van der Waals surface area (Å²) in [6, 6.07) is 5.79. The molecule has 0 radical (unpaired) electrons. The fourth-order valence-corrected chi connectivity index (χ4v) is 0.827. The molecular weight excluding hydrogens is 163 g/mol. The SMILES string of the molecule is O=Cc1ccccc1C(=O)OF. The Hall–Kier alpha value is -1.71. The van der Waals surface area contributed by atoms with E-state index >= 15 is 0 Å². The van der Waals surface area contributed by atoms with Crippen LogP contribution in [-0.4, -0.2) is 12.3 Å². The van der Waals surface area contributed by atoms with Crippen molar-refractivity contribution in [1.82, 2.24) is 0 Å². The molecule has 0 aliphatic heterocycles. The highest BCUT2D eigenvalue weighted by atomic mass is 19.3. The van der Waals surface area contributed by atoms with Gasteiger partial charge in [-0.1, -0.05) is 18.2 Å². The van der Waals surface area contributed by atoms with E-state index in [1.807, 2.05) is 0 Å². The number of hydrogen-bond donors (Lipinski definition) is 0. The normalized spacial score (nSPS) is 9.08. The molecule has 0 aliphatic rings. The van der Waals surface area contributed by atoms with Gasteiger partial charge < -0.3 is 0 Å². The molecule has 0 heterocycles. The second kappa shape index (κ2) is 3.61. The average molecular weight is 168 g/mol. The van der Waals surface area contributed by atoms with Crippen molar-refractivity contribution in [2.45, 2.75) is 0 Å². The van der Waals surface area contributed by atoms with Crippen LogP contribution in [0.5, 0.6) is 0 Å². The Balaban J connectivity index is 3.13. The summed E-state index contributed by atoms with van der Waals surface area (Å²) in [5, 5.41) is 0. The molecule has 62 valence electrons. The molecule has 0 spiro atoms. The first kappa shape index (κ1) is 8.39. The van der Waals surface area contributed by atoms with Crippen LogP contribution in [0.2, 0.25) is 0 Å². The second-order valence-electron chi connectivity index (χ2n) is 2.07. The van der Waals surface area contributed by atoms with E-state index in [9.17, 15) is 14.1 Å². The fraction of sp³-hybridized carbons (Fsp3) is 0. The third-order valence-electron chi connectivity index (χ3n) is 1.38. The number of benzene rings is 1. The number of carbonyl (C=O) groups is 2. The molecule has 3 nitrogen and oxygen atoms in total. The van der Waals surface area contributed by atoms with E-state index in [2.05, 4.69) is 4.94 Å². The Bertz CT molecular complexity index is 309. The molecule has 1 rings (SSSR count). The molecule has 0 bridgehead atoms. The lowest BCUT2D eigenvalue weighted by Crippen LogP contribution is -2.02. The Labute approximate surface area is 67.7 Å². The number of carbonyl (C=O) groups excluding carboxylic acids is 2. The zero-order valence-corrected chi connectivity index (χ0v) is 5.99. The Morgan fingerprint density at radius 3 is 2.67 bits per heavy atom. The van der Waals surface area contributed by atoms with Crippen molar-refractivity contribution < 1.29 is 19.1 Å². The van der Waals surface area contributed by atoms with Crippen LogP contribution in [0.25, 0.3) is 0 Å². The summed E-state index contributed by atoms with van der Waals surface area (Å²) in [7, 11) is 0. The van der Waals surface area contributed by atoms with Crippen LogP contribution >= 0.6 is 0 Å². The van der Waals surface area contributed by atoms with Crippen LogP contribution in [0.4, 0.5) is 4.53 Å². The first-order chi connectivity index (χ1) is 5.79. The van der Waals surface area contributed by atoms with Gasteiger partial charge in [0.2, 0.25) is 0 Å². The molecule has 0 aliphatic carbocycles. The van der Waals surface area contributed by atoms with Gasteiger partial charge in [-0.3, -0.25) is 4.79 Å². The molecule has 0 amide bonds. The number of hydrogen-bond acceptors (Lipinski definition) is 3. The van der Waals surface area contributed by atoms with Gasteiger partial charge in [-0.05, 0) is 6.07 Å². The van der Waals surface area contributed by atoms with E-state index in [1.165, 1.54) is 18.2 Å². The first-order valence-electron chi connectivity index (χ1n) is 3.16. The molecular formula is C8H5FO3. The topological polar surface area (TPSA) is 43.4 Å². The summed E-state index contributed by atoms with van der Waals surface area (Å²) in [5.74, 6) is -1.15. The summed E-state index contributed by atoms with van der Waals surface area (Å²) in [5.41, 5.74) is 0.0372. The van der Waals surface area contributed by atoms with Gasteiger partial charge in [0, 0.05) is 10.1 Å². The summed E-state index contributed by atoms with van der Waals surface area (Å²) in [6.45, 7) is 0. The first-order valence-corrected chi connectivity index (χ1v) is 3.16. The molecule has 0 unspecified atom stereocenters. The summed E-state index contributed by atoms with van der Waals surface area (Å²) in [4.78, 5) is 23.9. The van der Waals surface area contributed by atoms with Crippen LogP contribution < -0.4 is 0 Å². The van der Waals surface area contributed by atoms with Crippen molar-refractivity contribution in [3.8, 4) is 0 Å². The molecule has 4 heteroatoms. The second-order valence-corrected chi connectivity index (χ2v) is 2.07. The molecule has 0 aromatic heterocycles. The van der Waals surface area contributed by atoms with E-state index in [1.54, 1.807) is 6.07 Å². The highest BCUT2D eigenvalue weighted by molar-refractivity contribution is 5.97. The highest BCUT2D eigenvalue weighted by Gasteiger charge is 2.11.